The number of aliphatic hydroxyl groups excluding tert-OH is 1. The third kappa shape index (κ3) is 6.21. The summed E-state index contributed by atoms with van der Waals surface area (Å²) < 4.78 is 6.30. The van der Waals surface area contributed by atoms with Gasteiger partial charge in [0.2, 0.25) is 5.88 Å². The van der Waals surface area contributed by atoms with Crippen LogP contribution in [0, 0.1) is 5.92 Å². The summed E-state index contributed by atoms with van der Waals surface area (Å²) in [7, 11) is 1.72. The Hall–Kier alpha value is -4.04. The van der Waals surface area contributed by atoms with E-state index in [1.807, 2.05) is 56.3 Å². The number of fused-ring (bicyclic) bond motifs is 1. The number of aliphatic hydroxyl groups is 1. The normalized spacial score (nSPS) is 18.5. The quantitative estimate of drug-likeness (QED) is 0.532. The van der Waals surface area contributed by atoms with Crippen molar-refractivity contribution in [3.05, 3.63) is 89.4 Å². The molecular weight excluding hydrogens is 468 g/mol. The second kappa shape index (κ2) is 11.8. The van der Waals surface area contributed by atoms with Crippen LogP contribution in [0.15, 0.2) is 67.1 Å². The zero-order valence-electron chi connectivity index (χ0n) is 21.3. The van der Waals surface area contributed by atoms with Gasteiger partial charge in [0.1, 0.15) is 11.7 Å². The Morgan fingerprint density at radius 2 is 1.95 bits per heavy atom. The van der Waals surface area contributed by atoms with E-state index in [1.165, 1.54) is 6.20 Å². The van der Waals surface area contributed by atoms with Crippen LogP contribution in [0.1, 0.15) is 45.7 Å². The van der Waals surface area contributed by atoms with Gasteiger partial charge < -0.3 is 19.6 Å². The summed E-state index contributed by atoms with van der Waals surface area (Å²) in [4.78, 5) is 38.3. The van der Waals surface area contributed by atoms with Gasteiger partial charge in [-0.05, 0) is 36.2 Å². The standard InChI is InChI=1S/C29H32N4O4/c1-20-17-33(21(2)19-34)29(36)25-14-23(12-11-22-8-5-4-6-9-22)15-31-27(25)37-26(20)18-32(3)28(35)24-10-7-13-30-16-24/h4-16,20-21,26,34H,17-19H2,1-3H3/b12-11+/t20-,21-,26-/m0/s1. The lowest BCUT2D eigenvalue weighted by Crippen LogP contribution is -2.50. The largest absolute Gasteiger partial charge is 0.472 e. The Morgan fingerprint density at radius 3 is 2.65 bits per heavy atom. The molecule has 0 saturated carbocycles. The topological polar surface area (TPSA) is 95.9 Å². The minimum Gasteiger partial charge on any atom is -0.472 e. The molecule has 192 valence electrons. The Kier molecular flexibility index (Phi) is 8.30. The van der Waals surface area contributed by atoms with E-state index in [-0.39, 0.29) is 36.3 Å². The molecule has 8 nitrogen and oxygen atoms in total. The van der Waals surface area contributed by atoms with Gasteiger partial charge in [-0.1, -0.05) is 49.4 Å². The molecule has 37 heavy (non-hydrogen) atoms. The number of pyridine rings is 2. The molecule has 0 unspecified atom stereocenters. The highest BCUT2D eigenvalue weighted by molar-refractivity contribution is 5.97. The van der Waals surface area contributed by atoms with E-state index in [0.717, 1.165) is 11.1 Å². The molecule has 3 aromatic rings. The van der Waals surface area contributed by atoms with Crippen molar-refractivity contribution in [2.75, 3.05) is 26.7 Å². The van der Waals surface area contributed by atoms with Gasteiger partial charge in [-0.2, -0.15) is 0 Å². The Balaban J connectivity index is 1.64. The molecule has 0 aliphatic carbocycles. The fourth-order valence-corrected chi connectivity index (χ4v) is 4.25. The molecule has 0 bridgehead atoms. The van der Waals surface area contributed by atoms with Crippen molar-refractivity contribution in [2.45, 2.75) is 26.0 Å². The van der Waals surface area contributed by atoms with Crippen molar-refractivity contribution in [3.8, 4) is 5.88 Å². The summed E-state index contributed by atoms with van der Waals surface area (Å²) in [6, 6.07) is 14.7. The number of rotatable bonds is 7. The summed E-state index contributed by atoms with van der Waals surface area (Å²) >= 11 is 0. The van der Waals surface area contributed by atoms with E-state index in [9.17, 15) is 14.7 Å². The van der Waals surface area contributed by atoms with Crippen LogP contribution in [-0.4, -0.2) is 75.6 Å². The van der Waals surface area contributed by atoms with E-state index in [0.29, 0.717) is 24.2 Å². The Bertz CT molecular complexity index is 1250. The maximum Gasteiger partial charge on any atom is 0.259 e. The van der Waals surface area contributed by atoms with Gasteiger partial charge in [-0.3, -0.25) is 14.6 Å². The summed E-state index contributed by atoms with van der Waals surface area (Å²) in [6.45, 7) is 4.27. The minimum atomic E-state index is -0.427. The monoisotopic (exact) mass is 500 g/mol. The maximum absolute atomic E-state index is 13.6. The first-order valence-electron chi connectivity index (χ1n) is 12.3. The second-order valence-corrected chi connectivity index (χ2v) is 9.42. The van der Waals surface area contributed by atoms with Crippen LogP contribution in [0.3, 0.4) is 0 Å². The molecule has 1 aliphatic heterocycles. The number of hydrogen-bond donors (Lipinski definition) is 1. The average molecular weight is 501 g/mol. The number of carbonyl (C=O) groups is 2. The SMILES string of the molecule is C[C@H]1CN([C@@H](C)CO)C(=O)c2cc(/C=C/c3ccccc3)cnc2O[C@H]1CN(C)C(=O)c1cccnc1. The van der Waals surface area contributed by atoms with E-state index >= 15 is 0 Å². The summed E-state index contributed by atoms with van der Waals surface area (Å²) in [5.41, 5.74) is 2.60. The molecule has 3 atom stereocenters. The van der Waals surface area contributed by atoms with Gasteiger partial charge in [-0.25, -0.2) is 4.98 Å². The molecular formula is C29H32N4O4. The highest BCUT2D eigenvalue weighted by atomic mass is 16.5. The van der Waals surface area contributed by atoms with Crippen LogP contribution >= 0.6 is 0 Å². The molecule has 0 radical (unpaired) electrons. The number of carbonyl (C=O) groups excluding carboxylic acids is 2. The van der Waals surface area contributed by atoms with Crippen molar-refractivity contribution >= 4 is 24.0 Å². The molecule has 1 N–H and O–H groups in total. The number of likely N-dealkylation sites (N-methyl/N-ethyl adjacent to an activating group) is 1. The van der Waals surface area contributed by atoms with E-state index in [1.54, 1.807) is 47.4 Å². The lowest BCUT2D eigenvalue weighted by molar-refractivity contribution is 0.0313. The van der Waals surface area contributed by atoms with Crippen LogP contribution in [0.5, 0.6) is 5.88 Å². The van der Waals surface area contributed by atoms with Crippen LogP contribution < -0.4 is 4.74 Å². The molecule has 1 aromatic carbocycles. The lowest BCUT2D eigenvalue weighted by Gasteiger charge is -2.37. The molecule has 0 spiro atoms. The molecule has 2 amide bonds. The second-order valence-electron chi connectivity index (χ2n) is 9.42. The van der Waals surface area contributed by atoms with Crippen LogP contribution in [0.4, 0.5) is 0 Å². The first-order chi connectivity index (χ1) is 17.9. The fraction of sp³-hybridized carbons (Fsp3) is 0.310. The van der Waals surface area contributed by atoms with Crippen molar-refractivity contribution in [2.24, 2.45) is 5.92 Å². The van der Waals surface area contributed by atoms with Crippen LogP contribution in [0.25, 0.3) is 12.2 Å². The van der Waals surface area contributed by atoms with Crippen molar-refractivity contribution in [1.82, 2.24) is 19.8 Å². The van der Waals surface area contributed by atoms with E-state index < -0.39 is 6.10 Å². The van der Waals surface area contributed by atoms with Crippen molar-refractivity contribution in [1.29, 1.82) is 0 Å². The highest BCUT2D eigenvalue weighted by Gasteiger charge is 2.34. The van der Waals surface area contributed by atoms with Gasteiger partial charge in [0.05, 0.1) is 24.8 Å². The first-order valence-corrected chi connectivity index (χ1v) is 12.3. The van der Waals surface area contributed by atoms with Crippen molar-refractivity contribution in [3.63, 3.8) is 0 Å². The summed E-state index contributed by atoms with van der Waals surface area (Å²) in [6.07, 6.45) is 8.25. The van der Waals surface area contributed by atoms with Gasteiger partial charge in [0.25, 0.3) is 11.8 Å². The average Bonchev–Trinajstić information content (AvgIpc) is 2.94. The highest BCUT2D eigenvalue weighted by Crippen LogP contribution is 2.28. The smallest absolute Gasteiger partial charge is 0.259 e. The van der Waals surface area contributed by atoms with Crippen LogP contribution in [-0.2, 0) is 0 Å². The summed E-state index contributed by atoms with van der Waals surface area (Å²) in [5.74, 6) is -0.327. The number of amides is 2. The molecule has 0 saturated heterocycles. The predicted octanol–water partition coefficient (Wildman–Crippen LogP) is 3.64. The maximum atomic E-state index is 13.6. The number of benzene rings is 1. The number of ether oxygens (including phenoxy) is 1. The van der Waals surface area contributed by atoms with Gasteiger partial charge in [0.15, 0.2) is 0 Å². The predicted molar refractivity (Wildman–Crippen MR) is 142 cm³/mol. The Labute approximate surface area is 217 Å². The van der Waals surface area contributed by atoms with Gasteiger partial charge in [-0.15, -0.1) is 0 Å². The fourth-order valence-electron chi connectivity index (χ4n) is 4.25. The third-order valence-corrected chi connectivity index (χ3v) is 6.52. The number of nitrogens with zero attached hydrogens (tertiary/aromatic N) is 4. The third-order valence-electron chi connectivity index (χ3n) is 6.52. The summed E-state index contributed by atoms with van der Waals surface area (Å²) in [5, 5.41) is 9.87. The van der Waals surface area contributed by atoms with Crippen LogP contribution in [0.2, 0.25) is 0 Å². The van der Waals surface area contributed by atoms with E-state index in [4.69, 9.17) is 4.74 Å². The molecule has 2 aromatic heterocycles. The molecule has 1 aliphatic rings. The van der Waals surface area contributed by atoms with Gasteiger partial charge in [0, 0.05) is 38.1 Å². The first kappa shape index (κ1) is 26.0. The zero-order valence-corrected chi connectivity index (χ0v) is 21.3. The van der Waals surface area contributed by atoms with Crippen molar-refractivity contribution < 1.29 is 19.4 Å². The minimum absolute atomic E-state index is 0.130. The molecule has 0 fully saturated rings. The zero-order chi connectivity index (χ0) is 26.4. The Morgan fingerprint density at radius 1 is 1.19 bits per heavy atom. The lowest BCUT2D eigenvalue weighted by atomic mass is 9.99. The van der Waals surface area contributed by atoms with E-state index in [2.05, 4.69) is 9.97 Å². The van der Waals surface area contributed by atoms with Gasteiger partial charge >= 0.3 is 0 Å². The molecule has 4 rings (SSSR count). The molecule has 8 heteroatoms. The number of aromatic nitrogens is 2. The molecule has 3 heterocycles. The number of hydrogen-bond acceptors (Lipinski definition) is 6.